The van der Waals surface area contributed by atoms with E-state index in [1.807, 2.05) is 0 Å². The molecule has 0 aromatic heterocycles. The van der Waals surface area contributed by atoms with E-state index in [4.69, 9.17) is 5.11 Å². The molecule has 0 atom stereocenters. The van der Waals surface area contributed by atoms with Gasteiger partial charge >= 0.3 is 5.97 Å². The van der Waals surface area contributed by atoms with Crippen molar-refractivity contribution in [3.8, 4) is 0 Å². The largest absolute Gasteiger partial charge is 0.478 e. The third kappa shape index (κ3) is 3.39. The molecule has 2 nitrogen and oxygen atoms in total. The zero-order valence-electron chi connectivity index (χ0n) is 9.42. The fourth-order valence-electron chi connectivity index (χ4n) is 1.75. The van der Waals surface area contributed by atoms with Gasteiger partial charge in [-0.25, -0.2) is 4.79 Å². The Morgan fingerprint density at radius 3 is 1.87 bits per heavy atom. The standard InChI is InChI=1S/C13H18O2/c1-3-5-10-7-11(6-4-2)9-12(8-10)13(14)15/h7-9H,3-6H2,1-2H3,(H,14,15). The molecule has 0 unspecified atom stereocenters. The first-order valence-corrected chi connectivity index (χ1v) is 5.53. The Morgan fingerprint density at radius 2 is 1.53 bits per heavy atom. The molecule has 0 saturated carbocycles. The molecule has 0 aliphatic carbocycles. The average Bonchev–Trinajstić information content (AvgIpc) is 2.18. The van der Waals surface area contributed by atoms with E-state index in [0.29, 0.717) is 5.56 Å². The molecule has 0 heterocycles. The second-order valence-electron chi connectivity index (χ2n) is 3.84. The highest BCUT2D eigenvalue weighted by Crippen LogP contribution is 2.14. The first kappa shape index (κ1) is 11.8. The highest BCUT2D eigenvalue weighted by Gasteiger charge is 2.06. The predicted octanol–water partition coefficient (Wildman–Crippen LogP) is 3.29. The topological polar surface area (TPSA) is 37.3 Å². The van der Waals surface area contributed by atoms with Gasteiger partial charge in [-0.05, 0) is 36.1 Å². The number of carboxylic acids is 1. The Labute approximate surface area is 90.9 Å². The van der Waals surface area contributed by atoms with E-state index in [0.717, 1.165) is 36.8 Å². The zero-order chi connectivity index (χ0) is 11.3. The Balaban J connectivity index is 3.02. The van der Waals surface area contributed by atoms with Gasteiger partial charge in [0.1, 0.15) is 0 Å². The van der Waals surface area contributed by atoms with Gasteiger partial charge < -0.3 is 5.11 Å². The fourth-order valence-corrected chi connectivity index (χ4v) is 1.75. The van der Waals surface area contributed by atoms with Gasteiger partial charge in [-0.15, -0.1) is 0 Å². The molecule has 0 aliphatic rings. The van der Waals surface area contributed by atoms with Crippen LogP contribution in [0.1, 0.15) is 48.2 Å². The molecule has 0 fully saturated rings. The second-order valence-corrected chi connectivity index (χ2v) is 3.84. The van der Waals surface area contributed by atoms with Gasteiger partial charge in [0.25, 0.3) is 0 Å². The second kappa shape index (κ2) is 5.54. The van der Waals surface area contributed by atoms with Gasteiger partial charge in [-0.2, -0.15) is 0 Å². The van der Waals surface area contributed by atoms with Crippen molar-refractivity contribution >= 4 is 5.97 Å². The van der Waals surface area contributed by atoms with Crippen molar-refractivity contribution in [1.82, 2.24) is 0 Å². The van der Waals surface area contributed by atoms with Gasteiger partial charge in [-0.3, -0.25) is 0 Å². The van der Waals surface area contributed by atoms with E-state index < -0.39 is 5.97 Å². The lowest BCUT2D eigenvalue weighted by atomic mass is 10.00. The minimum Gasteiger partial charge on any atom is -0.478 e. The maximum Gasteiger partial charge on any atom is 0.335 e. The van der Waals surface area contributed by atoms with Gasteiger partial charge in [0, 0.05) is 0 Å². The summed E-state index contributed by atoms with van der Waals surface area (Å²) in [5.74, 6) is -0.828. The number of aromatic carboxylic acids is 1. The summed E-state index contributed by atoms with van der Waals surface area (Å²) in [5, 5.41) is 8.97. The lowest BCUT2D eigenvalue weighted by Gasteiger charge is -2.06. The summed E-state index contributed by atoms with van der Waals surface area (Å²) in [6.45, 7) is 4.21. The quantitative estimate of drug-likeness (QED) is 0.802. The van der Waals surface area contributed by atoms with Crippen LogP contribution in [-0.2, 0) is 12.8 Å². The van der Waals surface area contributed by atoms with Crippen molar-refractivity contribution in [2.24, 2.45) is 0 Å². The number of carbonyl (C=O) groups is 1. The summed E-state index contributed by atoms with van der Waals surface area (Å²) in [6, 6.07) is 5.69. The maximum absolute atomic E-state index is 10.9. The molecule has 1 aromatic rings. The van der Waals surface area contributed by atoms with Crippen molar-refractivity contribution in [2.75, 3.05) is 0 Å². The minimum atomic E-state index is -0.828. The van der Waals surface area contributed by atoms with Crippen LogP contribution in [0.5, 0.6) is 0 Å². The molecule has 1 rings (SSSR count). The van der Waals surface area contributed by atoms with Crippen LogP contribution >= 0.6 is 0 Å². The van der Waals surface area contributed by atoms with Crippen LogP contribution in [0.25, 0.3) is 0 Å². The van der Waals surface area contributed by atoms with Gasteiger partial charge in [0.05, 0.1) is 5.56 Å². The molecule has 0 saturated heterocycles. The molecular formula is C13H18O2. The van der Waals surface area contributed by atoms with Crippen LogP contribution in [0.3, 0.4) is 0 Å². The van der Waals surface area contributed by atoms with Crippen molar-refractivity contribution < 1.29 is 9.90 Å². The van der Waals surface area contributed by atoms with E-state index in [9.17, 15) is 4.79 Å². The summed E-state index contributed by atoms with van der Waals surface area (Å²) in [4.78, 5) is 10.9. The lowest BCUT2D eigenvalue weighted by Crippen LogP contribution is -2.00. The monoisotopic (exact) mass is 206 g/mol. The van der Waals surface area contributed by atoms with E-state index in [-0.39, 0.29) is 0 Å². The predicted molar refractivity (Wildman–Crippen MR) is 61.4 cm³/mol. The normalized spacial score (nSPS) is 10.3. The van der Waals surface area contributed by atoms with Crippen molar-refractivity contribution in [1.29, 1.82) is 0 Å². The number of hydrogen-bond acceptors (Lipinski definition) is 1. The Morgan fingerprint density at radius 1 is 1.07 bits per heavy atom. The smallest absolute Gasteiger partial charge is 0.335 e. The Kier molecular flexibility index (Phi) is 4.35. The van der Waals surface area contributed by atoms with Gasteiger partial charge in [0.2, 0.25) is 0 Å². The maximum atomic E-state index is 10.9. The van der Waals surface area contributed by atoms with Crippen molar-refractivity contribution in [2.45, 2.75) is 39.5 Å². The zero-order valence-corrected chi connectivity index (χ0v) is 9.42. The lowest BCUT2D eigenvalue weighted by molar-refractivity contribution is 0.0696. The molecule has 0 amide bonds. The molecule has 2 heteroatoms. The number of hydrogen-bond donors (Lipinski definition) is 1. The van der Waals surface area contributed by atoms with Crippen molar-refractivity contribution in [3.63, 3.8) is 0 Å². The highest BCUT2D eigenvalue weighted by atomic mass is 16.4. The average molecular weight is 206 g/mol. The SMILES string of the molecule is CCCc1cc(CCC)cc(C(=O)O)c1. The molecule has 0 bridgehead atoms. The molecule has 0 spiro atoms. The van der Waals surface area contributed by atoms with E-state index in [2.05, 4.69) is 19.9 Å². The molecule has 1 N–H and O–H groups in total. The van der Waals surface area contributed by atoms with Crippen LogP contribution in [0.15, 0.2) is 18.2 Å². The molecule has 0 radical (unpaired) electrons. The molecular weight excluding hydrogens is 188 g/mol. The number of rotatable bonds is 5. The van der Waals surface area contributed by atoms with E-state index in [1.54, 1.807) is 12.1 Å². The molecule has 0 aliphatic heterocycles. The fraction of sp³-hybridized carbons (Fsp3) is 0.462. The van der Waals surface area contributed by atoms with Gasteiger partial charge in [-0.1, -0.05) is 32.8 Å². The molecule has 15 heavy (non-hydrogen) atoms. The number of carboxylic acid groups (broad SMARTS) is 1. The minimum absolute atomic E-state index is 0.421. The Bertz CT molecular complexity index is 318. The highest BCUT2D eigenvalue weighted by molar-refractivity contribution is 5.88. The first-order valence-electron chi connectivity index (χ1n) is 5.53. The third-order valence-corrected chi connectivity index (χ3v) is 2.38. The van der Waals surface area contributed by atoms with Gasteiger partial charge in [0.15, 0.2) is 0 Å². The summed E-state index contributed by atoms with van der Waals surface area (Å²) in [5.41, 5.74) is 2.70. The Hall–Kier alpha value is -1.31. The van der Waals surface area contributed by atoms with Crippen LogP contribution < -0.4 is 0 Å². The first-order chi connectivity index (χ1) is 7.17. The number of benzene rings is 1. The van der Waals surface area contributed by atoms with Crippen molar-refractivity contribution in [3.05, 3.63) is 34.9 Å². The van der Waals surface area contributed by atoms with E-state index in [1.165, 1.54) is 0 Å². The van der Waals surface area contributed by atoms with Crippen LogP contribution in [0.2, 0.25) is 0 Å². The van der Waals surface area contributed by atoms with Crippen LogP contribution in [-0.4, -0.2) is 11.1 Å². The number of aryl methyl sites for hydroxylation is 2. The van der Waals surface area contributed by atoms with Crippen LogP contribution in [0.4, 0.5) is 0 Å². The van der Waals surface area contributed by atoms with Crippen LogP contribution in [0, 0.1) is 0 Å². The summed E-state index contributed by atoms with van der Waals surface area (Å²) >= 11 is 0. The molecule has 82 valence electrons. The van der Waals surface area contributed by atoms with E-state index >= 15 is 0 Å². The summed E-state index contributed by atoms with van der Waals surface area (Å²) in [6.07, 6.45) is 4.01. The summed E-state index contributed by atoms with van der Waals surface area (Å²) < 4.78 is 0. The third-order valence-electron chi connectivity index (χ3n) is 2.38. The summed E-state index contributed by atoms with van der Waals surface area (Å²) in [7, 11) is 0. The molecule has 1 aromatic carbocycles.